The van der Waals surface area contributed by atoms with E-state index in [-0.39, 0.29) is 24.3 Å². The smallest absolute Gasteiger partial charge is 0.407 e. The lowest BCUT2D eigenvalue weighted by molar-refractivity contribution is -0.144. The number of benzene rings is 3. The number of fused-ring (bicyclic) bond motifs is 1. The van der Waals surface area contributed by atoms with Gasteiger partial charge < -0.3 is 29.6 Å². The number of alkyl carbamates (subject to hydrolysis) is 1. The number of amides is 3. The number of nitrogens with one attached hydrogen (secondary N) is 2. The number of para-hydroxylation sites is 1. The van der Waals surface area contributed by atoms with Crippen molar-refractivity contribution >= 4 is 51.9 Å². The molecule has 13 nitrogen and oxygen atoms in total. The van der Waals surface area contributed by atoms with Crippen molar-refractivity contribution in [2.24, 2.45) is 16.8 Å². The average molecular weight is 856 g/mol. The summed E-state index contributed by atoms with van der Waals surface area (Å²) >= 11 is 0. The Morgan fingerprint density at radius 2 is 1.68 bits per heavy atom. The van der Waals surface area contributed by atoms with Crippen LogP contribution < -0.4 is 10.2 Å². The molecule has 9 rings (SSSR count). The molecule has 6 heterocycles. The Morgan fingerprint density at radius 3 is 2.41 bits per heavy atom. The number of aromatic amines is 1. The number of halogens is 2. The molecule has 15 heteroatoms. The van der Waals surface area contributed by atoms with Crippen molar-refractivity contribution in [3.05, 3.63) is 108 Å². The van der Waals surface area contributed by atoms with Crippen molar-refractivity contribution in [3.63, 3.8) is 0 Å². The molecule has 0 unspecified atom stereocenters. The highest BCUT2D eigenvalue weighted by molar-refractivity contribution is 6.04. The first-order valence-electron chi connectivity index (χ1n) is 21.2. The maximum Gasteiger partial charge on any atom is 0.407 e. The Kier molecular flexibility index (Phi) is 10.9. The lowest BCUT2D eigenvalue weighted by atomic mass is 9.95. The number of H-pyrrole nitrogens is 1. The largest absolute Gasteiger partial charge is 0.469 e. The van der Waals surface area contributed by atoms with E-state index >= 15 is 0 Å². The Bertz CT molecular complexity index is 2690. The maximum atomic E-state index is 14.8. The molecular weight excluding hydrogens is 809 g/mol. The highest BCUT2D eigenvalue weighted by Crippen LogP contribution is 2.46. The van der Waals surface area contributed by atoms with Crippen molar-refractivity contribution in [1.82, 2.24) is 25.2 Å². The van der Waals surface area contributed by atoms with Crippen LogP contribution in [0.4, 0.5) is 19.3 Å². The van der Waals surface area contributed by atoms with Crippen LogP contribution in [0, 0.1) is 11.8 Å². The van der Waals surface area contributed by atoms with Crippen LogP contribution in [-0.4, -0.2) is 88.2 Å². The SMILES string of the molecule is COC(=O)C[C@H]1CCc2cccc3c2N(C1=O)[C@H](c1nc2ccc(-c4ccc(-c5ccc(C6=CN=C([C@@H]7CC(F)(F)CN7C(=O)[C@@H](NC(=O)OC)C(C)C)C6)cc5)nc4)cc2[nH]1)C3. The second-order valence-corrected chi connectivity index (χ2v) is 17.1. The van der Waals surface area contributed by atoms with Gasteiger partial charge in [0.05, 0.1) is 61.7 Å². The predicted molar refractivity (Wildman–Crippen MR) is 233 cm³/mol. The summed E-state index contributed by atoms with van der Waals surface area (Å²) in [7, 11) is 2.53. The topological polar surface area (TPSA) is 159 Å². The molecule has 0 bridgehead atoms. The summed E-state index contributed by atoms with van der Waals surface area (Å²) in [5.74, 6) is -4.32. The van der Waals surface area contributed by atoms with Gasteiger partial charge in [-0.15, -0.1) is 0 Å². The molecule has 1 fully saturated rings. The van der Waals surface area contributed by atoms with Crippen molar-refractivity contribution < 1.29 is 37.4 Å². The number of allylic oxidation sites excluding steroid dienone is 1. The first-order chi connectivity index (χ1) is 30.3. The van der Waals surface area contributed by atoms with Crippen LogP contribution in [0.1, 0.15) is 68.1 Å². The molecule has 4 atom stereocenters. The fourth-order valence-corrected chi connectivity index (χ4v) is 9.39. The number of methoxy groups -OCH3 is 2. The van der Waals surface area contributed by atoms with Crippen LogP contribution in [-0.2, 0) is 36.7 Å². The fourth-order valence-electron chi connectivity index (χ4n) is 9.39. The summed E-state index contributed by atoms with van der Waals surface area (Å²) in [6.07, 6.45) is 4.38. The van der Waals surface area contributed by atoms with E-state index in [4.69, 9.17) is 14.7 Å². The van der Waals surface area contributed by atoms with Crippen LogP contribution in [0.15, 0.2) is 90.2 Å². The zero-order chi connectivity index (χ0) is 44.2. The number of carbonyl (C=O) groups is 4. The second-order valence-electron chi connectivity index (χ2n) is 17.1. The van der Waals surface area contributed by atoms with E-state index in [9.17, 15) is 28.0 Å². The molecule has 3 aromatic carbocycles. The van der Waals surface area contributed by atoms with Crippen molar-refractivity contribution in [2.75, 3.05) is 25.7 Å². The normalized spacial score (nSPS) is 20.6. The first-order valence-corrected chi connectivity index (χ1v) is 21.2. The summed E-state index contributed by atoms with van der Waals surface area (Å²) < 4.78 is 39.3. The third-order valence-corrected chi connectivity index (χ3v) is 12.7. The number of ether oxygens (including phenoxy) is 2. The van der Waals surface area contributed by atoms with Gasteiger partial charge in [0.15, 0.2) is 0 Å². The van der Waals surface area contributed by atoms with Gasteiger partial charge in [-0.1, -0.05) is 68.4 Å². The van der Waals surface area contributed by atoms with Gasteiger partial charge in [-0.3, -0.25) is 24.4 Å². The number of imidazole rings is 1. The zero-order valence-electron chi connectivity index (χ0n) is 35.4. The number of alkyl halides is 2. The first kappa shape index (κ1) is 41.6. The van der Waals surface area contributed by atoms with E-state index in [0.29, 0.717) is 37.2 Å². The lowest BCUT2D eigenvalue weighted by Gasteiger charge is -2.30. The minimum absolute atomic E-state index is 0.0385. The summed E-state index contributed by atoms with van der Waals surface area (Å²) in [6.45, 7) is 2.71. The lowest BCUT2D eigenvalue weighted by Crippen LogP contribution is -2.54. The molecule has 5 aromatic rings. The summed E-state index contributed by atoms with van der Waals surface area (Å²) in [4.78, 5) is 72.6. The Hall–Kier alpha value is -6.77. The number of hydrogen-bond acceptors (Lipinski definition) is 9. The molecule has 1 saturated heterocycles. The molecule has 0 radical (unpaired) electrons. The highest BCUT2D eigenvalue weighted by Gasteiger charge is 2.51. The monoisotopic (exact) mass is 855 g/mol. The molecule has 0 aliphatic carbocycles. The van der Waals surface area contributed by atoms with Gasteiger partial charge in [0, 0.05) is 54.4 Å². The summed E-state index contributed by atoms with van der Waals surface area (Å²) in [5.41, 5.74) is 10.4. The number of likely N-dealkylation sites (tertiary alicyclic amines) is 1. The van der Waals surface area contributed by atoms with E-state index in [1.165, 1.54) is 14.2 Å². The quantitative estimate of drug-likeness (QED) is 0.135. The fraction of sp³-hybridized carbons (Fsp3) is 0.354. The summed E-state index contributed by atoms with van der Waals surface area (Å²) in [6, 6.07) is 21.6. The maximum absolute atomic E-state index is 14.8. The molecule has 63 heavy (non-hydrogen) atoms. The molecule has 2 N–H and O–H groups in total. The zero-order valence-corrected chi connectivity index (χ0v) is 35.4. The van der Waals surface area contributed by atoms with Crippen LogP contribution in [0.3, 0.4) is 0 Å². The predicted octanol–water partition coefficient (Wildman–Crippen LogP) is 7.85. The molecule has 4 aliphatic heterocycles. The van der Waals surface area contributed by atoms with Crippen molar-refractivity contribution in [2.45, 2.75) is 76.4 Å². The third kappa shape index (κ3) is 7.96. The molecule has 0 saturated carbocycles. The molecule has 324 valence electrons. The number of pyridine rings is 1. The van der Waals surface area contributed by atoms with Gasteiger partial charge in [0.1, 0.15) is 11.9 Å². The van der Waals surface area contributed by atoms with Gasteiger partial charge in [0.25, 0.3) is 5.92 Å². The van der Waals surface area contributed by atoms with Crippen LogP contribution in [0.25, 0.3) is 39.0 Å². The molecule has 2 aromatic heterocycles. The third-order valence-electron chi connectivity index (χ3n) is 12.7. The number of hydrogen-bond donors (Lipinski definition) is 2. The number of carbonyl (C=O) groups excluding carboxylic acids is 4. The second kappa shape index (κ2) is 16.5. The average Bonchev–Trinajstić information content (AvgIpc) is 4.08. The van der Waals surface area contributed by atoms with Gasteiger partial charge in [-0.2, -0.15) is 0 Å². The van der Waals surface area contributed by atoms with E-state index in [0.717, 1.165) is 66.3 Å². The van der Waals surface area contributed by atoms with E-state index in [2.05, 4.69) is 32.2 Å². The molecule has 0 spiro atoms. The number of aryl methyl sites for hydroxylation is 1. The van der Waals surface area contributed by atoms with E-state index in [1.54, 1.807) is 20.0 Å². The van der Waals surface area contributed by atoms with Crippen LogP contribution in [0.2, 0.25) is 0 Å². The number of anilines is 1. The van der Waals surface area contributed by atoms with E-state index in [1.807, 2.05) is 71.8 Å². The minimum atomic E-state index is -3.10. The Labute approximate surface area is 362 Å². The van der Waals surface area contributed by atoms with Crippen molar-refractivity contribution in [3.8, 4) is 22.4 Å². The van der Waals surface area contributed by atoms with E-state index < -0.39 is 54.9 Å². The number of aliphatic imine (C=N–C) groups is 1. The molecule has 3 amide bonds. The van der Waals surface area contributed by atoms with Crippen molar-refractivity contribution in [1.29, 1.82) is 0 Å². The highest BCUT2D eigenvalue weighted by atomic mass is 19.3. The van der Waals surface area contributed by atoms with Gasteiger partial charge in [0.2, 0.25) is 11.8 Å². The van der Waals surface area contributed by atoms with Gasteiger partial charge in [-0.25, -0.2) is 18.6 Å². The Balaban J connectivity index is 0.876. The van der Waals surface area contributed by atoms with Gasteiger partial charge in [-0.05, 0) is 64.8 Å². The number of esters is 1. The summed E-state index contributed by atoms with van der Waals surface area (Å²) in [5, 5.41) is 2.50. The van der Waals surface area contributed by atoms with Crippen LogP contribution in [0.5, 0.6) is 0 Å². The van der Waals surface area contributed by atoms with Gasteiger partial charge >= 0.3 is 12.1 Å². The molecular formula is C48H47F2N7O6. The Morgan fingerprint density at radius 1 is 0.937 bits per heavy atom. The number of nitrogens with zero attached hydrogens (tertiary/aromatic N) is 5. The standard InChI is InChI=1S/C48H47F2N7O6/c1-26(2)42(55-47(61)63-4)46(60)56-25-48(49,50)22-40(56)38-19-34(24-52-38)27-8-10-28(11-9-27)35-16-15-33(23-51-35)30-14-17-36-37(18-30)54-44(53-36)39-20-31-7-5-6-29-12-13-32(21-41(58)62-3)45(59)57(39)43(29)31/h5-11,14-18,23-24,26,32,39-40,42H,12-13,19-22,25H2,1-4H3,(H,53,54)(H,55,61)/t32-,39+,40+,42+/m1/s1. The van der Waals surface area contributed by atoms with Crippen LogP contribution >= 0.6 is 0 Å². The molecule has 4 aliphatic rings. The number of aromatic nitrogens is 3. The minimum Gasteiger partial charge on any atom is -0.469 e. The number of rotatable bonds is 10.